The molecule has 110 valence electrons. The van der Waals surface area contributed by atoms with Crippen molar-refractivity contribution in [2.75, 3.05) is 12.8 Å². The van der Waals surface area contributed by atoms with Crippen molar-refractivity contribution in [2.45, 2.75) is 6.61 Å². The van der Waals surface area contributed by atoms with Crippen LogP contribution in [0.4, 0.5) is 10.1 Å². The van der Waals surface area contributed by atoms with Gasteiger partial charge >= 0.3 is 5.97 Å². The van der Waals surface area contributed by atoms with Crippen LogP contribution in [0.5, 0.6) is 5.75 Å². The molecule has 6 heteroatoms. The summed E-state index contributed by atoms with van der Waals surface area (Å²) >= 11 is 3.18. The molecule has 2 aromatic rings. The van der Waals surface area contributed by atoms with E-state index in [1.807, 2.05) is 0 Å². The molecule has 0 atom stereocenters. The van der Waals surface area contributed by atoms with Gasteiger partial charge in [-0.25, -0.2) is 9.18 Å². The Bertz CT molecular complexity index is 676. The van der Waals surface area contributed by atoms with E-state index < -0.39 is 11.8 Å². The fourth-order valence-corrected chi connectivity index (χ4v) is 2.06. The summed E-state index contributed by atoms with van der Waals surface area (Å²) in [6.45, 7) is -0.0213. The predicted octanol–water partition coefficient (Wildman–Crippen LogP) is 3.54. The van der Waals surface area contributed by atoms with E-state index in [0.717, 1.165) is 0 Å². The summed E-state index contributed by atoms with van der Waals surface area (Å²) in [6, 6.07) is 9.24. The maximum absolute atomic E-state index is 13.7. The molecule has 0 saturated carbocycles. The Morgan fingerprint density at radius 3 is 2.71 bits per heavy atom. The molecule has 0 aliphatic heterocycles. The van der Waals surface area contributed by atoms with Crippen LogP contribution in [0, 0.1) is 5.82 Å². The Labute approximate surface area is 129 Å². The van der Waals surface area contributed by atoms with Gasteiger partial charge in [-0.3, -0.25) is 0 Å². The summed E-state index contributed by atoms with van der Waals surface area (Å²) in [4.78, 5) is 11.6. The summed E-state index contributed by atoms with van der Waals surface area (Å²) < 4.78 is 24.6. The van der Waals surface area contributed by atoms with Crippen LogP contribution in [-0.4, -0.2) is 13.1 Å². The molecule has 0 aliphatic rings. The highest BCUT2D eigenvalue weighted by Gasteiger charge is 2.14. The molecule has 0 fully saturated rings. The van der Waals surface area contributed by atoms with E-state index in [1.54, 1.807) is 18.2 Å². The Hall–Kier alpha value is -2.08. The van der Waals surface area contributed by atoms with E-state index in [4.69, 9.17) is 10.5 Å². The standard InChI is InChI=1S/C15H13BrFNO3/c1-20-15(19)12-5-4-11(18)7-14(12)21-8-9-2-3-10(16)6-13(9)17/h2-7H,8,18H2,1H3. The first kappa shape index (κ1) is 15.3. The molecular formula is C15H13BrFNO3. The third-order valence-corrected chi connectivity index (χ3v) is 3.30. The first-order valence-electron chi connectivity index (χ1n) is 6.06. The molecule has 0 unspecified atom stereocenters. The topological polar surface area (TPSA) is 61.5 Å². The van der Waals surface area contributed by atoms with Gasteiger partial charge in [-0.15, -0.1) is 0 Å². The van der Waals surface area contributed by atoms with Crippen LogP contribution in [0.1, 0.15) is 15.9 Å². The number of anilines is 1. The Morgan fingerprint density at radius 1 is 1.29 bits per heavy atom. The molecule has 0 amide bonds. The van der Waals surface area contributed by atoms with E-state index in [2.05, 4.69) is 20.7 Å². The van der Waals surface area contributed by atoms with Crippen LogP contribution < -0.4 is 10.5 Å². The van der Waals surface area contributed by atoms with Crippen molar-refractivity contribution in [2.24, 2.45) is 0 Å². The number of carbonyl (C=O) groups is 1. The highest BCUT2D eigenvalue weighted by atomic mass is 79.9. The van der Waals surface area contributed by atoms with Gasteiger partial charge in [0, 0.05) is 21.8 Å². The summed E-state index contributed by atoms with van der Waals surface area (Å²) in [7, 11) is 1.27. The zero-order valence-corrected chi connectivity index (χ0v) is 12.8. The van der Waals surface area contributed by atoms with Gasteiger partial charge in [0.25, 0.3) is 0 Å². The zero-order valence-electron chi connectivity index (χ0n) is 11.2. The van der Waals surface area contributed by atoms with Crippen molar-refractivity contribution in [1.82, 2.24) is 0 Å². The van der Waals surface area contributed by atoms with Crippen molar-refractivity contribution in [3.8, 4) is 5.75 Å². The quantitative estimate of drug-likeness (QED) is 0.674. The molecule has 0 saturated heterocycles. The number of nitrogens with two attached hydrogens (primary N) is 1. The summed E-state index contributed by atoms with van der Waals surface area (Å²) in [6.07, 6.45) is 0. The first-order chi connectivity index (χ1) is 10.0. The van der Waals surface area contributed by atoms with Crippen LogP contribution in [0.15, 0.2) is 40.9 Å². The van der Waals surface area contributed by atoms with E-state index in [-0.39, 0.29) is 17.9 Å². The second-order valence-electron chi connectivity index (χ2n) is 4.27. The van der Waals surface area contributed by atoms with Crippen LogP contribution in [0.2, 0.25) is 0 Å². The average Bonchev–Trinajstić information content (AvgIpc) is 2.45. The van der Waals surface area contributed by atoms with E-state index >= 15 is 0 Å². The van der Waals surface area contributed by atoms with Gasteiger partial charge in [0.15, 0.2) is 0 Å². The van der Waals surface area contributed by atoms with Gasteiger partial charge in [-0.2, -0.15) is 0 Å². The molecule has 2 N–H and O–H groups in total. The highest BCUT2D eigenvalue weighted by Crippen LogP contribution is 2.24. The fraction of sp³-hybridized carbons (Fsp3) is 0.133. The van der Waals surface area contributed by atoms with Crippen molar-refractivity contribution < 1.29 is 18.7 Å². The van der Waals surface area contributed by atoms with E-state index in [1.165, 1.54) is 25.3 Å². The van der Waals surface area contributed by atoms with Gasteiger partial charge in [-0.05, 0) is 24.3 Å². The maximum Gasteiger partial charge on any atom is 0.341 e. The number of nitrogen functional groups attached to an aromatic ring is 1. The predicted molar refractivity (Wildman–Crippen MR) is 80.6 cm³/mol. The number of benzene rings is 2. The third-order valence-electron chi connectivity index (χ3n) is 2.81. The Kier molecular flexibility index (Phi) is 4.80. The summed E-state index contributed by atoms with van der Waals surface area (Å²) in [5.41, 5.74) is 6.73. The molecule has 0 radical (unpaired) electrons. The van der Waals surface area contributed by atoms with Crippen molar-refractivity contribution in [1.29, 1.82) is 0 Å². The lowest BCUT2D eigenvalue weighted by Crippen LogP contribution is -2.07. The Morgan fingerprint density at radius 2 is 2.05 bits per heavy atom. The smallest absolute Gasteiger partial charge is 0.341 e. The zero-order chi connectivity index (χ0) is 15.4. The van der Waals surface area contributed by atoms with Gasteiger partial charge in [0.05, 0.1) is 7.11 Å². The summed E-state index contributed by atoms with van der Waals surface area (Å²) in [5, 5.41) is 0. The lowest BCUT2D eigenvalue weighted by Gasteiger charge is -2.11. The number of hydrogen-bond acceptors (Lipinski definition) is 4. The third kappa shape index (κ3) is 3.72. The molecule has 0 aromatic heterocycles. The number of halogens is 2. The minimum atomic E-state index is -0.540. The van der Waals surface area contributed by atoms with Gasteiger partial charge in [0.1, 0.15) is 23.7 Å². The van der Waals surface area contributed by atoms with Gasteiger partial charge in [0.2, 0.25) is 0 Å². The molecule has 0 heterocycles. The largest absolute Gasteiger partial charge is 0.488 e. The minimum absolute atomic E-state index is 0.0213. The number of ether oxygens (including phenoxy) is 2. The lowest BCUT2D eigenvalue weighted by atomic mass is 10.1. The number of methoxy groups -OCH3 is 1. The SMILES string of the molecule is COC(=O)c1ccc(N)cc1OCc1ccc(Br)cc1F. The second kappa shape index (κ2) is 6.58. The number of hydrogen-bond donors (Lipinski definition) is 1. The van der Waals surface area contributed by atoms with Gasteiger partial charge in [-0.1, -0.05) is 22.0 Å². The van der Waals surface area contributed by atoms with Crippen molar-refractivity contribution >= 4 is 27.6 Å². The molecule has 2 rings (SSSR count). The van der Waals surface area contributed by atoms with E-state index in [0.29, 0.717) is 15.7 Å². The van der Waals surface area contributed by atoms with Crippen molar-refractivity contribution in [3.05, 3.63) is 57.8 Å². The normalized spacial score (nSPS) is 10.2. The molecular weight excluding hydrogens is 341 g/mol. The van der Waals surface area contributed by atoms with Crippen LogP contribution in [0.25, 0.3) is 0 Å². The monoisotopic (exact) mass is 353 g/mol. The number of carbonyl (C=O) groups excluding carboxylic acids is 1. The number of rotatable bonds is 4. The number of esters is 1. The van der Waals surface area contributed by atoms with E-state index in [9.17, 15) is 9.18 Å². The highest BCUT2D eigenvalue weighted by molar-refractivity contribution is 9.10. The lowest BCUT2D eigenvalue weighted by molar-refractivity contribution is 0.0595. The van der Waals surface area contributed by atoms with Crippen LogP contribution in [0.3, 0.4) is 0 Å². The molecule has 0 aliphatic carbocycles. The molecule has 2 aromatic carbocycles. The van der Waals surface area contributed by atoms with Crippen LogP contribution in [-0.2, 0) is 11.3 Å². The fourth-order valence-electron chi connectivity index (χ4n) is 1.73. The molecule has 0 spiro atoms. The summed E-state index contributed by atoms with van der Waals surface area (Å²) in [5.74, 6) is -0.682. The minimum Gasteiger partial charge on any atom is -0.488 e. The Balaban J connectivity index is 2.23. The average molecular weight is 354 g/mol. The first-order valence-corrected chi connectivity index (χ1v) is 6.85. The molecule has 0 bridgehead atoms. The second-order valence-corrected chi connectivity index (χ2v) is 5.19. The van der Waals surface area contributed by atoms with Crippen LogP contribution >= 0.6 is 15.9 Å². The van der Waals surface area contributed by atoms with Crippen molar-refractivity contribution in [3.63, 3.8) is 0 Å². The molecule has 21 heavy (non-hydrogen) atoms. The van der Waals surface area contributed by atoms with Gasteiger partial charge < -0.3 is 15.2 Å². The molecule has 4 nitrogen and oxygen atoms in total. The maximum atomic E-state index is 13.7.